The summed E-state index contributed by atoms with van der Waals surface area (Å²) in [6.45, 7) is 6.42. The molecule has 2 aliphatic heterocycles. The summed E-state index contributed by atoms with van der Waals surface area (Å²) in [4.78, 5) is 0. The largest absolute Gasteiger partial charge is 0.489 e. The molecule has 1 unspecified atom stereocenters. The molecule has 104 valence electrons. The van der Waals surface area contributed by atoms with Crippen molar-refractivity contribution in [2.75, 3.05) is 31.6 Å². The Morgan fingerprint density at radius 3 is 3.16 bits per heavy atom. The highest BCUT2D eigenvalue weighted by atomic mass is 16.5. The highest BCUT2D eigenvalue weighted by molar-refractivity contribution is 5.61. The molecule has 2 N–H and O–H groups in total. The van der Waals surface area contributed by atoms with E-state index in [2.05, 4.69) is 35.8 Å². The minimum atomic E-state index is 0.00789. The van der Waals surface area contributed by atoms with Crippen LogP contribution in [0.4, 0.5) is 5.69 Å². The smallest absolute Gasteiger partial charge is 0.146 e. The number of hydrogen-bond donors (Lipinski definition) is 2. The SMILES string of the molecule is CC1(CNCc2cccc3c2OCCN3)CCCO1. The maximum Gasteiger partial charge on any atom is 0.146 e. The zero-order valence-corrected chi connectivity index (χ0v) is 11.5. The van der Waals surface area contributed by atoms with Gasteiger partial charge in [-0.1, -0.05) is 12.1 Å². The molecule has 0 amide bonds. The van der Waals surface area contributed by atoms with E-state index in [-0.39, 0.29) is 5.60 Å². The van der Waals surface area contributed by atoms with E-state index in [0.717, 1.165) is 50.7 Å². The third-order valence-corrected chi connectivity index (χ3v) is 3.88. The molecule has 1 atom stereocenters. The van der Waals surface area contributed by atoms with Gasteiger partial charge in [0.1, 0.15) is 12.4 Å². The molecule has 0 aliphatic carbocycles. The quantitative estimate of drug-likeness (QED) is 0.872. The molecule has 0 aromatic heterocycles. The lowest BCUT2D eigenvalue weighted by Crippen LogP contribution is -2.37. The van der Waals surface area contributed by atoms with Crippen molar-refractivity contribution < 1.29 is 9.47 Å². The van der Waals surface area contributed by atoms with Crippen molar-refractivity contribution in [3.63, 3.8) is 0 Å². The molecular formula is C15H22N2O2. The van der Waals surface area contributed by atoms with Crippen molar-refractivity contribution in [2.45, 2.75) is 31.9 Å². The van der Waals surface area contributed by atoms with Gasteiger partial charge in [0, 0.05) is 31.8 Å². The molecule has 0 spiro atoms. The van der Waals surface area contributed by atoms with Crippen LogP contribution >= 0.6 is 0 Å². The Bertz CT molecular complexity index is 442. The summed E-state index contributed by atoms with van der Waals surface area (Å²) in [5, 5.41) is 6.87. The summed E-state index contributed by atoms with van der Waals surface area (Å²) in [7, 11) is 0. The van der Waals surface area contributed by atoms with Gasteiger partial charge < -0.3 is 20.1 Å². The first-order valence-electron chi connectivity index (χ1n) is 7.10. The lowest BCUT2D eigenvalue weighted by Gasteiger charge is -2.25. The molecule has 0 saturated carbocycles. The van der Waals surface area contributed by atoms with Crippen LogP contribution in [0, 0.1) is 0 Å². The summed E-state index contributed by atoms with van der Waals surface area (Å²) < 4.78 is 11.6. The van der Waals surface area contributed by atoms with Crippen molar-refractivity contribution in [3.05, 3.63) is 23.8 Å². The topological polar surface area (TPSA) is 42.5 Å². The molecule has 0 radical (unpaired) electrons. The van der Waals surface area contributed by atoms with Crippen LogP contribution in [0.2, 0.25) is 0 Å². The third-order valence-electron chi connectivity index (χ3n) is 3.88. The first-order valence-corrected chi connectivity index (χ1v) is 7.10. The first kappa shape index (κ1) is 12.8. The van der Waals surface area contributed by atoms with Crippen LogP contribution in [-0.2, 0) is 11.3 Å². The second kappa shape index (κ2) is 5.39. The van der Waals surface area contributed by atoms with Gasteiger partial charge in [-0.2, -0.15) is 0 Å². The van der Waals surface area contributed by atoms with Crippen LogP contribution in [0.1, 0.15) is 25.3 Å². The summed E-state index contributed by atoms with van der Waals surface area (Å²) in [5.41, 5.74) is 2.33. The Hall–Kier alpha value is -1.26. The molecule has 0 bridgehead atoms. The molecule has 1 fully saturated rings. The van der Waals surface area contributed by atoms with Crippen molar-refractivity contribution in [1.82, 2.24) is 5.32 Å². The Morgan fingerprint density at radius 2 is 2.32 bits per heavy atom. The number of para-hydroxylation sites is 1. The van der Waals surface area contributed by atoms with Crippen LogP contribution in [0.3, 0.4) is 0 Å². The van der Waals surface area contributed by atoms with E-state index in [0.29, 0.717) is 0 Å². The van der Waals surface area contributed by atoms with Gasteiger partial charge in [-0.25, -0.2) is 0 Å². The van der Waals surface area contributed by atoms with Crippen molar-refractivity contribution in [3.8, 4) is 5.75 Å². The number of rotatable bonds is 4. The van der Waals surface area contributed by atoms with Crippen LogP contribution in [-0.4, -0.2) is 31.9 Å². The number of hydrogen-bond acceptors (Lipinski definition) is 4. The molecular weight excluding hydrogens is 240 g/mol. The van der Waals surface area contributed by atoms with Crippen molar-refractivity contribution in [2.24, 2.45) is 0 Å². The second-order valence-electron chi connectivity index (χ2n) is 5.57. The van der Waals surface area contributed by atoms with Gasteiger partial charge in [-0.15, -0.1) is 0 Å². The Morgan fingerprint density at radius 1 is 1.37 bits per heavy atom. The highest BCUT2D eigenvalue weighted by Gasteiger charge is 2.29. The van der Waals surface area contributed by atoms with Gasteiger partial charge in [0.05, 0.1) is 11.3 Å². The molecule has 1 aromatic rings. The molecule has 3 rings (SSSR count). The van der Waals surface area contributed by atoms with Crippen molar-refractivity contribution >= 4 is 5.69 Å². The van der Waals surface area contributed by atoms with E-state index in [1.807, 2.05) is 0 Å². The average Bonchev–Trinajstić information content (AvgIpc) is 2.86. The molecule has 2 heterocycles. The predicted octanol–water partition coefficient (Wildman–Crippen LogP) is 2.15. The summed E-state index contributed by atoms with van der Waals surface area (Å²) in [6, 6.07) is 6.27. The summed E-state index contributed by atoms with van der Waals surface area (Å²) in [5.74, 6) is 0.999. The van der Waals surface area contributed by atoms with E-state index < -0.39 is 0 Å². The molecule has 19 heavy (non-hydrogen) atoms. The van der Waals surface area contributed by atoms with Gasteiger partial charge >= 0.3 is 0 Å². The fraction of sp³-hybridized carbons (Fsp3) is 0.600. The summed E-state index contributed by atoms with van der Waals surface area (Å²) >= 11 is 0. The van der Waals surface area contributed by atoms with Crippen molar-refractivity contribution in [1.29, 1.82) is 0 Å². The maximum absolute atomic E-state index is 5.78. The molecule has 4 heteroatoms. The zero-order chi connectivity index (χ0) is 13.1. The van der Waals surface area contributed by atoms with Crippen LogP contribution in [0.5, 0.6) is 5.75 Å². The monoisotopic (exact) mass is 262 g/mol. The first-order chi connectivity index (χ1) is 9.27. The number of fused-ring (bicyclic) bond motifs is 1. The maximum atomic E-state index is 5.78. The van der Waals surface area contributed by atoms with Crippen LogP contribution in [0.25, 0.3) is 0 Å². The molecule has 4 nitrogen and oxygen atoms in total. The van der Waals surface area contributed by atoms with E-state index in [4.69, 9.17) is 9.47 Å². The number of anilines is 1. The van der Waals surface area contributed by atoms with Crippen LogP contribution in [0.15, 0.2) is 18.2 Å². The van der Waals surface area contributed by atoms with Gasteiger partial charge in [-0.3, -0.25) is 0 Å². The third kappa shape index (κ3) is 2.85. The van der Waals surface area contributed by atoms with E-state index in [1.54, 1.807) is 0 Å². The minimum absolute atomic E-state index is 0.00789. The fourth-order valence-electron chi connectivity index (χ4n) is 2.81. The van der Waals surface area contributed by atoms with E-state index >= 15 is 0 Å². The van der Waals surface area contributed by atoms with Gasteiger partial charge in [-0.05, 0) is 25.8 Å². The average molecular weight is 262 g/mol. The lowest BCUT2D eigenvalue weighted by molar-refractivity contribution is 0.0206. The lowest BCUT2D eigenvalue weighted by atomic mass is 10.0. The number of benzene rings is 1. The number of nitrogens with one attached hydrogen (secondary N) is 2. The normalized spacial score (nSPS) is 25.5. The predicted molar refractivity (Wildman–Crippen MR) is 75.7 cm³/mol. The highest BCUT2D eigenvalue weighted by Crippen LogP contribution is 2.31. The number of ether oxygens (including phenoxy) is 2. The molecule has 1 saturated heterocycles. The Balaban J connectivity index is 1.61. The van der Waals surface area contributed by atoms with Gasteiger partial charge in [0.25, 0.3) is 0 Å². The summed E-state index contributed by atoms with van der Waals surface area (Å²) in [6.07, 6.45) is 2.32. The Kier molecular flexibility index (Phi) is 3.62. The molecule has 1 aromatic carbocycles. The Labute approximate surface area is 114 Å². The van der Waals surface area contributed by atoms with Gasteiger partial charge in [0.2, 0.25) is 0 Å². The second-order valence-corrected chi connectivity index (χ2v) is 5.57. The zero-order valence-electron chi connectivity index (χ0n) is 11.5. The fourth-order valence-corrected chi connectivity index (χ4v) is 2.81. The molecule has 2 aliphatic rings. The standard InChI is InChI=1S/C15H22N2O2/c1-15(6-3-8-19-15)11-16-10-12-4-2-5-13-14(12)18-9-7-17-13/h2,4-5,16-17H,3,6-11H2,1H3. The van der Waals surface area contributed by atoms with E-state index in [1.165, 1.54) is 12.0 Å². The minimum Gasteiger partial charge on any atom is -0.489 e. The van der Waals surface area contributed by atoms with Crippen LogP contribution < -0.4 is 15.4 Å². The van der Waals surface area contributed by atoms with E-state index in [9.17, 15) is 0 Å². The van der Waals surface area contributed by atoms with Gasteiger partial charge in [0.15, 0.2) is 0 Å².